The fourth-order valence-electron chi connectivity index (χ4n) is 0.635. The van der Waals surface area contributed by atoms with Crippen LogP contribution in [0.3, 0.4) is 0 Å². The van der Waals surface area contributed by atoms with Crippen molar-refractivity contribution in [1.82, 2.24) is 0 Å². The van der Waals surface area contributed by atoms with Gasteiger partial charge < -0.3 is 5.11 Å². The molecule has 0 unspecified atom stereocenters. The summed E-state index contributed by atoms with van der Waals surface area (Å²) < 4.78 is 0.698. The minimum Gasteiger partial charge on any atom is -0.507 e. The highest BCUT2D eigenvalue weighted by atomic mass is 127. The predicted octanol–water partition coefficient (Wildman–Crippen LogP) is 2.38. The van der Waals surface area contributed by atoms with Crippen LogP contribution in [-0.4, -0.2) is 10.3 Å². The van der Waals surface area contributed by atoms with E-state index in [4.69, 9.17) is 16.7 Å². The average molecular weight is 282 g/mol. The molecular formula is C7H4ClIO2. The summed E-state index contributed by atoms with van der Waals surface area (Å²) in [5, 5.41) is 8.57. The molecule has 0 atom stereocenters. The minimum atomic E-state index is -0.559. The highest BCUT2D eigenvalue weighted by Crippen LogP contribution is 2.21. The molecule has 2 nitrogen and oxygen atoms in total. The van der Waals surface area contributed by atoms with Crippen LogP contribution in [0.5, 0.6) is 5.75 Å². The molecule has 1 N–H and O–H groups in total. The van der Waals surface area contributed by atoms with Crippen molar-refractivity contribution in [2.24, 2.45) is 0 Å². The molecule has 0 amide bonds. The second-order valence-corrected chi connectivity index (χ2v) is 3.45. The molecule has 0 aromatic heterocycles. The number of halogens is 2. The number of hydrogen-bond acceptors (Lipinski definition) is 2. The molecule has 1 rings (SSSR count). The molecular weight excluding hydrogens is 278 g/mol. The number of carbonyl (C=O) groups excluding carboxylic acids is 1. The van der Waals surface area contributed by atoms with Gasteiger partial charge in [-0.1, -0.05) is 0 Å². The van der Waals surface area contributed by atoms with Gasteiger partial charge >= 0.3 is 0 Å². The zero-order chi connectivity index (χ0) is 8.43. The summed E-state index contributed by atoms with van der Waals surface area (Å²) in [6, 6.07) is 4.54. The molecule has 0 spiro atoms. The summed E-state index contributed by atoms with van der Waals surface area (Å²) in [4.78, 5) is 10.6. The summed E-state index contributed by atoms with van der Waals surface area (Å²) >= 11 is 7.14. The number of aromatic hydroxyl groups is 1. The van der Waals surface area contributed by atoms with E-state index in [1.54, 1.807) is 12.1 Å². The van der Waals surface area contributed by atoms with E-state index in [1.165, 1.54) is 6.07 Å². The summed E-state index contributed by atoms with van der Waals surface area (Å²) in [6.45, 7) is 0. The standard InChI is InChI=1S/C7H4ClIO2/c8-7(11)4-1-2-5(9)6(10)3-4/h1-3,10H. The Morgan fingerprint density at radius 3 is 2.64 bits per heavy atom. The van der Waals surface area contributed by atoms with E-state index in [1.807, 2.05) is 22.6 Å². The first kappa shape index (κ1) is 8.80. The van der Waals surface area contributed by atoms with Gasteiger partial charge in [-0.15, -0.1) is 0 Å². The van der Waals surface area contributed by atoms with Crippen molar-refractivity contribution in [2.75, 3.05) is 0 Å². The van der Waals surface area contributed by atoms with Crippen molar-refractivity contribution in [3.05, 3.63) is 27.3 Å². The number of benzene rings is 1. The molecule has 0 saturated carbocycles. The SMILES string of the molecule is O=C(Cl)c1ccc(I)c(O)c1. The molecule has 0 saturated heterocycles. The van der Waals surface area contributed by atoms with Crippen LogP contribution >= 0.6 is 34.2 Å². The Bertz CT molecular complexity index is 298. The number of carbonyl (C=O) groups is 1. The van der Waals surface area contributed by atoms with Gasteiger partial charge in [-0.05, 0) is 52.4 Å². The lowest BCUT2D eigenvalue weighted by molar-refractivity contribution is 0.108. The Kier molecular flexibility index (Phi) is 2.72. The van der Waals surface area contributed by atoms with Gasteiger partial charge in [0.05, 0.1) is 3.57 Å². The molecule has 58 valence electrons. The number of rotatable bonds is 1. The Hall–Kier alpha value is -0.290. The monoisotopic (exact) mass is 282 g/mol. The third-order valence-electron chi connectivity index (χ3n) is 1.17. The van der Waals surface area contributed by atoms with E-state index in [0.717, 1.165) is 0 Å². The van der Waals surface area contributed by atoms with Gasteiger partial charge in [0.25, 0.3) is 5.24 Å². The van der Waals surface area contributed by atoms with Crippen molar-refractivity contribution >= 4 is 39.4 Å². The third-order valence-corrected chi connectivity index (χ3v) is 2.30. The molecule has 0 aliphatic carbocycles. The topological polar surface area (TPSA) is 37.3 Å². The molecule has 1 aromatic carbocycles. The van der Waals surface area contributed by atoms with E-state index in [9.17, 15) is 4.79 Å². The first-order valence-corrected chi connectivity index (χ1v) is 4.25. The van der Waals surface area contributed by atoms with Crippen LogP contribution in [-0.2, 0) is 0 Å². The minimum absolute atomic E-state index is 0.0806. The van der Waals surface area contributed by atoms with Gasteiger partial charge in [0.15, 0.2) is 0 Å². The maximum atomic E-state index is 10.6. The van der Waals surface area contributed by atoms with Gasteiger partial charge in [0.1, 0.15) is 5.75 Å². The molecule has 0 aliphatic rings. The van der Waals surface area contributed by atoms with Gasteiger partial charge in [-0.2, -0.15) is 0 Å². The quantitative estimate of drug-likeness (QED) is 0.634. The van der Waals surface area contributed by atoms with Crippen molar-refractivity contribution in [3.63, 3.8) is 0 Å². The maximum Gasteiger partial charge on any atom is 0.252 e. The molecule has 0 aliphatic heterocycles. The third kappa shape index (κ3) is 2.07. The van der Waals surface area contributed by atoms with Gasteiger partial charge in [-0.3, -0.25) is 4.79 Å². The Morgan fingerprint density at radius 1 is 1.55 bits per heavy atom. The molecule has 11 heavy (non-hydrogen) atoms. The predicted molar refractivity (Wildman–Crippen MR) is 51.0 cm³/mol. The van der Waals surface area contributed by atoms with E-state index < -0.39 is 5.24 Å². The van der Waals surface area contributed by atoms with E-state index in [2.05, 4.69) is 0 Å². The normalized spacial score (nSPS) is 9.64. The van der Waals surface area contributed by atoms with Crippen LogP contribution in [0.15, 0.2) is 18.2 Å². The van der Waals surface area contributed by atoms with E-state index >= 15 is 0 Å². The van der Waals surface area contributed by atoms with E-state index in [0.29, 0.717) is 9.13 Å². The van der Waals surface area contributed by atoms with Gasteiger partial charge in [0.2, 0.25) is 0 Å². The Labute approximate surface area is 82.3 Å². The van der Waals surface area contributed by atoms with Crippen LogP contribution in [0.1, 0.15) is 10.4 Å². The Balaban J connectivity index is 3.15. The van der Waals surface area contributed by atoms with Crippen molar-refractivity contribution in [3.8, 4) is 5.75 Å². The fourth-order valence-corrected chi connectivity index (χ4v) is 1.09. The van der Waals surface area contributed by atoms with Crippen molar-refractivity contribution in [1.29, 1.82) is 0 Å². The lowest BCUT2D eigenvalue weighted by Gasteiger charge is -1.97. The lowest BCUT2D eigenvalue weighted by Crippen LogP contribution is -1.87. The fraction of sp³-hybridized carbons (Fsp3) is 0. The highest BCUT2D eigenvalue weighted by Gasteiger charge is 2.03. The smallest absolute Gasteiger partial charge is 0.252 e. The average Bonchev–Trinajstić information content (AvgIpc) is 1.94. The van der Waals surface area contributed by atoms with Crippen LogP contribution in [0.25, 0.3) is 0 Å². The van der Waals surface area contributed by atoms with E-state index in [-0.39, 0.29) is 5.75 Å². The highest BCUT2D eigenvalue weighted by molar-refractivity contribution is 14.1. The zero-order valence-electron chi connectivity index (χ0n) is 5.34. The van der Waals surface area contributed by atoms with Gasteiger partial charge in [0, 0.05) is 5.56 Å². The van der Waals surface area contributed by atoms with Crippen LogP contribution in [0.4, 0.5) is 0 Å². The second kappa shape index (κ2) is 3.40. The van der Waals surface area contributed by atoms with Crippen molar-refractivity contribution < 1.29 is 9.90 Å². The van der Waals surface area contributed by atoms with Gasteiger partial charge in [-0.25, -0.2) is 0 Å². The first-order valence-electron chi connectivity index (χ1n) is 2.79. The molecule has 0 bridgehead atoms. The molecule has 0 heterocycles. The second-order valence-electron chi connectivity index (χ2n) is 1.94. The van der Waals surface area contributed by atoms with Crippen LogP contribution in [0, 0.1) is 3.57 Å². The number of phenolic OH excluding ortho intramolecular Hbond substituents is 1. The van der Waals surface area contributed by atoms with Crippen LogP contribution in [0.2, 0.25) is 0 Å². The molecule has 0 radical (unpaired) electrons. The summed E-state index contributed by atoms with van der Waals surface area (Å²) in [6.07, 6.45) is 0. The molecule has 1 aromatic rings. The van der Waals surface area contributed by atoms with Crippen LogP contribution < -0.4 is 0 Å². The summed E-state index contributed by atoms with van der Waals surface area (Å²) in [5.41, 5.74) is 0.310. The first-order chi connectivity index (χ1) is 5.11. The lowest BCUT2D eigenvalue weighted by atomic mass is 10.2. The number of phenols is 1. The summed E-state index contributed by atoms with van der Waals surface area (Å²) in [7, 11) is 0. The van der Waals surface area contributed by atoms with Crippen molar-refractivity contribution in [2.45, 2.75) is 0 Å². The molecule has 4 heteroatoms. The zero-order valence-corrected chi connectivity index (χ0v) is 8.26. The maximum absolute atomic E-state index is 10.6. The summed E-state index contributed by atoms with van der Waals surface area (Å²) in [5.74, 6) is 0.0806. The molecule has 0 fully saturated rings. The largest absolute Gasteiger partial charge is 0.507 e. The Morgan fingerprint density at radius 2 is 2.18 bits per heavy atom. The number of hydrogen-bond donors (Lipinski definition) is 1.